The lowest BCUT2D eigenvalue weighted by Gasteiger charge is -2.08. The Morgan fingerprint density at radius 1 is 0.700 bits per heavy atom. The van der Waals surface area contributed by atoms with E-state index in [-0.39, 0.29) is 12.2 Å². The molecule has 0 atom stereocenters. The van der Waals surface area contributed by atoms with E-state index < -0.39 is 0 Å². The van der Waals surface area contributed by atoms with Gasteiger partial charge in [0.2, 0.25) is 6.08 Å². The van der Waals surface area contributed by atoms with Gasteiger partial charge in [0, 0.05) is 13.1 Å². The molecule has 0 aromatic carbocycles. The quantitative estimate of drug-likeness (QED) is 0.164. The van der Waals surface area contributed by atoms with Crippen LogP contribution in [0.25, 0.3) is 0 Å². The summed E-state index contributed by atoms with van der Waals surface area (Å²) < 4.78 is 10.3. The summed E-state index contributed by atoms with van der Waals surface area (Å²) in [5.74, 6) is 0. The SMILES string of the molecule is CCCCCCCNC(=O)OCCCCCCOC(=O)NCCCCCCN=C=O. The highest BCUT2D eigenvalue weighted by molar-refractivity contribution is 5.67. The van der Waals surface area contributed by atoms with Crippen molar-refractivity contribution in [2.45, 2.75) is 90.4 Å². The van der Waals surface area contributed by atoms with Crippen molar-refractivity contribution in [3.63, 3.8) is 0 Å². The van der Waals surface area contributed by atoms with Crippen molar-refractivity contribution < 1.29 is 23.9 Å². The highest BCUT2D eigenvalue weighted by Gasteiger charge is 2.02. The van der Waals surface area contributed by atoms with Crippen LogP contribution in [0.1, 0.15) is 90.4 Å². The van der Waals surface area contributed by atoms with Crippen LogP contribution < -0.4 is 10.6 Å². The fourth-order valence-electron chi connectivity index (χ4n) is 2.81. The lowest BCUT2D eigenvalue weighted by molar-refractivity contribution is 0.138. The molecule has 8 heteroatoms. The average molecular weight is 428 g/mol. The molecule has 174 valence electrons. The van der Waals surface area contributed by atoms with Crippen molar-refractivity contribution in [1.29, 1.82) is 0 Å². The number of rotatable bonds is 20. The zero-order chi connectivity index (χ0) is 22.1. The van der Waals surface area contributed by atoms with Crippen molar-refractivity contribution in [3.8, 4) is 0 Å². The van der Waals surface area contributed by atoms with E-state index in [9.17, 15) is 14.4 Å². The van der Waals surface area contributed by atoms with Crippen LogP contribution in [-0.4, -0.2) is 51.1 Å². The van der Waals surface area contributed by atoms with Crippen LogP contribution in [0.3, 0.4) is 0 Å². The van der Waals surface area contributed by atoms with Crippen LogP contribution in [0.5, 0.6) is 0 Å². The van der Waals surface area contributed by atoms with Gasteiger partial charge >= 0.3 is 12.2 Å². The number of carbonyl (C=O) groups is 2. The second kappa shape index (κ2) is 23.2. The third kappa shape index (κ3) is 22.2. The number of ether oxygens (including phenoxy) is 2. The van der Waals surface area contributed by atoms with Gasteiger partial charge in [0.1, 0.15) is 0 Å². The first-order chi connectivity index (χ1) is 14.7. The zero-order valence-corrected chi connectivity index (χ0v) is 18.7. The van der Waals surface area contributed by atoms with E-state index in [2.05, 4.69) is 22.5 Å². The van der Waals surface area contributed by atoms with Gasteiger partial charge < -0.3 is 20.1 Å². The molecule has 0 aliphatic heterocycles. The van der Waals surface area contributed by atoms with Crippen molar-refractivity contribution in [2.24, 2.45) is 4.99 Å². The molecule has 0 bridgehead atoms. The molecule has 0 aromatic heterocycles. The first kappa shape index (κ1) is 27.9. The number of unbranched alkanes of at least 4 members (excludes halogenated alkanes) is 10. The highest BCUT2D eigenvalue weighted by Crippen LogP contribution is 2.03. The fourth-order valence-corrected chi connectivity index (χ4v) is 2.81. The lowest BCUT2D eigenvalue weighted by Crippen LogP contribution is -2.25. The third-order valence-corrected chi connectivity index (χ3v) is 4.59. The Morgan fingerprint density at radius 2 is 1.17 bits per heavy atom. The molecule has 0 fully saturated rings. The van der Waals surface area contributed by atoms with Crippen LogP contribution in [0, 0.1) is 0 Å². The normalized spacial score (nSPS) is 10.2. The smallest absolute Gasteiger partial charge is 0.407 e. The minimum Gasteiger partial charge on any atom is -0.450 e. The van der Waals surface area contributed by atoms with Crippen LogP contribution in [0.15, 0.2) is 4.99 Å². The second-order valence-corrected chi connectivity index (χ2v) is 7.34. The highest BCUT2D eigenvalue weighted by atomic mass is 16.6. The van der Waals surface area contributed by atoms with E-state index in [0.29, 0.717) is 32.8 Å². The molecule has 0 aliphatic carbocycles. The molecule has 0 radical (unpaired) electrons. The Balaban J connectivity index is 3.28. The topological polar surface area (TPSA) is 106 Å². The summed E-state index contributed by atoms with van der Waals surface area (Å²) in [7, 11) is 0. The second-order valence-electron chi connectivity index (χ2n) is 7.34. The first-order valence-corrected chi connectivity index (χ1v) is 11.6. The zero-order valence-electron chi connectivity index (χ0n) is 18.7. The molecule has 0 spiro atoms. The molecule has 0 saturated carbocycles. The Morgan fingerprint density at radius 3 is 1.67 bits per heavy atom. The Kier molecular flexibility index (Phi) is 21.6. The molecule has 0 heterocycles. The molecule has 0 unspecified atom stereocenters. The summed E-state index contributed by atoms with van der Waals surface area (Å²) in [5, 5.41) is 5.50. The van der Waals surface area contributed by atoms with Gasteiger partial charge in [-0.2, -0.15) is 0 Å². The number of nitrogens with one attached hydrogen (secondary N) is 2. The third-order valence-electron chi connectivity index (χ3n) is 4.59. The maximum Gasteiger partial charge on any atom is 0.407 e. The monoisotopic (exact) mass is 427 g/mol. The number of nitrogens with zero attached hydrogens (tertiary/aromatic N) is 1. The van der Waals surface area contributed by atoms with Crippen LogP contribution >= 0.6 is 0 Å². The van der Waals surface area contributed by atoms with E-state index in [1.165, 1.54) is 25.3 Å². The Hall–Kier alpha value is -2.08. The first-order valence-electron chi connectivity index (χ1n) is 11.6. The predicted octanol–water partition coefficient (Wildman–Crippen LogP) is 4.87. The fraction of sp³-hybridized carbons (Fsp3) is 0.864. The predicted molar refractivity (Wildman–Crippen MR) is 117 cm³/mol. The van der Waals surface area contributed by atoms with Crippen LogP contribution in [-0.2, 0) is 14.3 Å². The van der Waals surface area contributed by atoms with E-state index in [1.54, 1.807) is 0 Å². The van der Waals surface area contributed by atoms with Gasteiger partial charge in [-0.25, -0.2) is 19.4 Å². The molecule has 2 amide bonds. The largest absolute Gasteiger partial charge is 0.450 e. The minimum absolute atomic E-state index is 0.333. The van der Waals surface area contributed by atoms with Gasteiger partial charge in [-0.1, -0.05) is 45.4 Å². The minimum atomic E-state index is -0.379. The van der Waals surface area contributed by atoms with Crippen molar-refractivity contribution in [3.05, 3.63) is 0 Å². The molecule has 8 nitrogen and oxygen atoms in total. The summed E-state index contributed by atoms with van der Waals surface area (Å²) in [6, 6.07) is 0. The van der Waals surface area contributed by atoms with E-state index in [0.717, 1.165) is 64.2 Å². The van der Waals surface area contributed by atoms with Gasteiger partial charge in [0.25, 0.3) is 0 Å². The Labute approximate surface area is 181 Å². The molecule has 0 aliphatic rings. The molecule has 0 aromatic rings. The van der Waals surface area contributed by atoms with E-state index >= 15 is 0 Å². The molecule has 0 rings (SSSR count). The van der Waals surface area contributed by atoms with Gasteiger partial charge in [0.15, 0.2) is 0 Å². The number of amides is 2. The summed E-state index contributed by atoms with van der Waals surface area (Å²) in [5.41, 5.74) is 0. The van der Waals surface area contributed by atoms with Crippen molar-refractivity contribution in [2.75, 3.05) is 32.8 Å². The molecule has 30 heavy (non-hydrogen) atoms. The number of carbonyl (C=O) groups excluding carboxylic acids is 3. The maximum absolute atomic E-state index is 11.5. The molecular weight excluding hydrogens is 386 g/mol. The number of hydrogen-bond donors (Lipinski definition) is 2. The number of hydrogen-bond acceptors (Lipinski definition) is 6. The van der Waals surface area contributed by atoms with E-state index in [4.69, 9.17) is 9.47 Å². The molecular formula is C22H41N3O5. The van der Waals surface area contributed by atoms with E-state index in [1.807, 2.05) is 0 Å². The summed E-state index contributed by atoms with van der Waals surface area (Å²) in [6.45, 7) is 4.80. The summed E-state index contributed by atoms with van der Waals surface area (Å²) >= 11 is 0. The van der Waals surface area contributed by atoms with Gasteiger partial charge in [-0.3, -0.25) is 0 Å². The van der Waals surface area contributed by atoms with Crippen molar-refractivity contribution in [1.82, 2.24) is 10.6 Å². The summed E-state index contributed by atoms with van der Waals surface area (Å²) in [6.07, 6.45) is 13.8. The Bertz CT molecular complexity index is 468. The van der Waals surface area contributed by atoms with Gasteiger partial charge in [0.05, 0.1) is 19.8 Å². The number of alkyl carbamates (subject to hydrolysis) is 2. The summed E-state index contributed by atoms with van der Waals surface area (Å²) in [4.78, 5) is 36.4. The van der Waals surface area contributed by atoms with Crippen molar-refractivity contribution >= 4 is 18.3 Å². The standard InChI is InChI=1S/C22H41N3O5/c1-2-3-4-5-11-16-24-21(27)29-18-13-8-9-14-19-30-22(28)25-17-12-7-6-10-15-23-20-26/h2-19H2,1H3,(H,24,27)(H,25,28). The van der Waals surface area contributed by atoms with Gasteiger partial charge in [-0.05, 0) is 44.9 Å². The van der Waals surface area contributed by atoms with Crippen LogP contribution in [0.2, 0.25) is 0 Å². The lowest BCUT2D eigenvalue weighted by atomic mass is 10.1. The maximum atomic E-state index is 11.5. The number of isocyanates is 1. The molecule has 2 N–H and O–H groups in total. The van der Waals surface area contributed by atoms with Crippen LogP contribution in [0.4, 0.5) is 9.59 Å². The average Bonchev–Trinajstić information content (AvgIpc) is 2.74. The number of aliphatic imine (C=N–C) groups is 1. The molecule has 0 saturated heterocycles. The van der Waals surface area contributed by atoms with Gasteiger partial charge in [-0.15, -0.1) is 0 Å².